The lowest BCUT2D eigenvalue weighted by Gasteiger charge is -2.20. The van der Waals surface area contributed by atoms with Crippen LogP contribution in [0.25, 0.3) is 0 Å². The largest absolute Gasteiger partial charge is 0.322 e. The minimum Gasteiger partial charge on any atom is -0.322 e. The van der Waals surface area contributed by atoms with Crippen molar-refractivity contribution in [3.63, 3.8) is 0 Å². The van der Waals surface area contributed by atoms with Gasteiger partial charge in [-0.15, -0.1) is 0 Å². The number of aryl methyl sites for hydroxylation is 1. The molecule has 1 aliphatic heterocycles. The van der Waals surface area contributed by atoms with Gasteiger partial charge in [0.1, 0.15) is 0 Å². The molecule has 0 saturated heterocycles. The maximum atomic E-state index is 12.5. The van der Waals surface area contributed by atoms with Crippen molar-refractivity contribution in [3.05, 3.63) is 63.7 Å². The number of carbonyl (C=O) groups is 1. The van der Waals surface area contributed by atoms with E-state index in [1.165, 1.54) is 11.1 Å². The van der Waals surface area contributed by atoms with Crippen LogP contribution in [0.1, 0.15) is 27.0 Å². The van der Waals surface area contributed by atoms with Crippen LogP contribution in [0.3, 0.4) is 0 Å². The molecule has 108 valence electrons. The van der Waals surface area contributed by atoms with Crippen molar-refractivity contribution in [1.29, 1.82) is 0 Å². The Kier molecular flexibility index (Phi) is 3.95. The topological polar surface area (TPSA) is 41.1 Å². The van der Waals surface area contributed by atoms with Crippen molar-refractivity contribution in [2.75, 3.05) is 11.9 Å². The molecule has 0 spiro atoms. The fraction of sp³-hybridized carbons (Fsp3) is 0.235. The van der Waals surface area contributed by atoms with Crippen LogP contribution in [-0.4, -0.2) is 12.5 Å². The summed E-state index contributed by atoms with van der Waals surface area (Å²) in [7, 11) is 0. The zero-order valence-electron chi connectivity index (χ0n) is 11.9. The van der Waals surface area contributed by atoms with E-state index < -0.39 is 0 Å². The quantitative estimate of drug-likeness (QED) is 0.890. The summed E-state index contributed by atoms with van der Waals surface area (Å²) in [6.07, 6.45) is 0.995. The molecule has 0 aromatic heterocycles. The van der Waals surface area contributed by atoms with Crippen molar-refractivity contribution in [2.45, 2.75) is 19.9 Å². The molecule has 1 amide bonds. The van der Waals surface area contributed by atoms with Crippen LogP contribution in [0, 0.1) is 6.92 Å². The number of hydrogen-bond donors (Lipinski definition) is 2. The van der Waals surface area contributed by atoms with Gasteiger partial charge >= 0.3 is 0 Å². The maximum absolute atomic E-state index is 12.5. The summed E-state index contributed by atoms with van der Waals surface area (Å²) in [6.45, 7) is 3.69. The van der Waals surface area contributed by atoms with Gasteiger partial charge in [0, 0.05) is 22.8 Å². The van der Waals surface area contributed by atoms with E-state index in [0.717, 1.165) is 30.8 Å². The first-order valence-electron chi connectivity index (χ1n) is 7.04. The number of hydrogen-bond acceptors (Lipinski definition) is 2. The lowest BCUT2D eigenvalue weighted by Crippen LogP contribution is -2.25. The first-order chi connectivity index (χ1) is 10.1. The van der Waals surface area contributed by atoms with Crippen LogP contribution in [0.5, 0.6) is 0 Å². The molecular weight excluding hydrogens is 284 g/mol. The molecule has 3 rings (SSSR count). The minimum absolute atomic E-state index is 0.117. The van der Waals surface area contributed by atoms with Crippen LogP contribution in [-0.2, 0) is 13.0 Å². The van der Waals surface area contributed by atoms with Gasteiger partial charge in [-0.3, -0.25) is 4.79 Å². The molecule has 0 unspecified atom stereocenters. The third-order valence-electron chi connectivity index (χ3n) is 3.84. The number of fused-ring (bicyclic) bond motifs is 1. The highest BCUT2D eigenvalue weighted by atomic mass is 35.5. The Labute approximate surface area is 129 Å². The predicted octanol–water partition coefficient (Wildman–Crippen LogP) is 3.55. The van der Waals surface area contributed by atoms with Gasteiger partial charge in [0.15, 0.2) is 0 Å². The van der Waals surface area contributed by atoms with E-state index in [4.69, 9.17) is 11.6 Å². The first kappa shape index (κ1) is 14.1. The average molecular weight is 301 g/mol. The summed E-state index contributed by atoms with van der Waals surface area (Å²) >= 11 is 5.99. The predicted molar refractivity (Wildman–Crippen MR) is 86.0 cm³/mol. The summed E-state index contributed by atoms with van der Waals surface area (Å²) in [5.41, 5.74) is 4.89. The molecule has 0 bridgehead atoms. The Morgan fingerprint density at radius 2 is 2.14 bits per heavy atom. The van der Waals surface area contributed by atoms with E-state index in [0.29, 0.717) is 10.6 Å². The van der Waals surface area contributed by atoms with Gasteiger partial charge in [0.2, 0.25) is 0 Å². The third-order valence-corrected chi connectivity index (χ3v) is 4.07. The average Bonchev–Trinajstić information content (AvgIpc) is 2.50. The van der Waals surface area contributed by atoms with E-state index >= 15 is 0 Å². The van der Waals surface area contributed by atoms with Crippen LogP contribution < -0.4 is 10.6 Å². The van der Waals surface area contributed by atoms with Crippen LogP contribution in [0.4, 0.5) is 5.69 Å². The normalized spacial score (nSPS) is 13.6. The van der Waals surface area contributed by atoms with Crippen molar-refractivity contribution in [2.24, 2.45) is 0 Å². The van der Waals surface area contributed by atoms with Gasteiger partial charge in [-0.05, 0) is 54.8 Å². The van der Waals surface area contributed by atoms with Gasteiger partial charge in [0.25, 0.3) is 5.91 Å². The molecule has 2 aromatic carbocycles. The van der Waals surface area contributed by atoms with E-state index in [1.54, 1.807) is 12.1 Å². The molecule has 1 aliphatic rings. The number of anilines is 1. The Balaban J connectivity index is 1.90. The lowest BCUT2D eigenvalue weighted by molar-refractivity contribution is 0.102. The molecule has 2 aromatic rings. The Bertz CT molecular complexity index is 697. The molecule has 0 atom stereocenters. The van der Waals surface area contributed by atoms with Crippen LogP contribution >= 0.6 is 11.6 Å². The van der Waals surface area contributed by atoms with Gasteiger partial charge in [-0.1, -0.05) is 29.8 Å². The van der Waals surface area contributed by atoms with Gasteiger partial charge in [0.05, 0.1) is 0 Å². The SMILES string of the molecule is Cc1ccc(Cl)cc1C(=O)Nc1cccc2c1CNCC2. The highest BCUT2D eigenvalue weighted by Crippen LogP contribution is 2.24. The fourth-order valence-corrected chi connectivity index (χ4v) is 2.83. The lowest BCUT2D eigenvalue weighted by atomic mass is 9.99. The summed E-state index contributed by atoms with van der Waals surface area (Å²) < 4.78 is 0. The van der Waals surface area contributed by atoms with Crippen molar-refractivity contribution >= 4 is 23.2 Å². The van der Waals surface area contributed by atoms with E-state index in [1.807, 2.05) is 25.1 Å². The number of benzene rings is 2. The number of carbonyl (C=O) groups excluding carboxylic acids is 1. The molecule has 0 fully saturated rings. The number of halogens is 1. The second kappa shape index (κ2) is 5.88. The molecule has 4 heteroatoms. The van der Waals surface area contributed by atoms with Crippen molar-refractivity contribution in [3.8, 4) is 0 Å². The van der Waals surface area contributed by atoms with Gasteiger partial charge < -0.3 is 10.6 Å². The zero-order valence-corrected chi connectivity index (χ0v) is 12.6. The minimum atomic E-state index is -0.117. The van der Waals surface area contributed by atoms with Crippen molar-refractivity contribution in [1.82, 2.24) is 5.32 Å². The third kappa shape index (κ3) is 2.94. The van der Waals surface area contributed by atoms with E-state index in [2.05, 4.69) is 16.7 Å². The summed E-state index contributed by atoms with van der Waals surface area (Å²) in [4.78, 5) is 12.5. The summed E-state index contributed by atoms with van der Waals surface area (Å²) in [6, 6.07) is 11.4. The Hall–Kier alpha value is -1.84. The monoisotopic (exact) mass is 300 g/mol. The first-order valence-corrected chi connectivity index (χ1v) is 7.42. The number of amides is 1. The smallest absolute Gasteiger partial charge is 0.255 e. The number of nitrogens with one attached hydrogen (secondary N) is 2. The zero-order chi connectivity index (χ0) is 14.8. The fourth-order valence-electron chi connectivity index (χ4n) is 2.66. The molecule has 1 heterocycles. The molecule has 2 N–H and O–H groups in total. The molecule has 3 nitrogen and oxygen atoms in total. The Morgan fingerprint density at radius 3 is 3.00 bits per heavy atom. The standard InChI is InChI=1S/C17H17ClN2O/c1-11-5-6-13(18)9-14(11)17(21)20-16-4-2-3-12-7-8-19-10-15(12)16/h2-6,9,19H,7-8,10H2,1H3,(H,20,21). The maximum Gasteiger partial charge on any atom is 0.255 e. The number of rotatable bonds is 2. The summed E-state index contributed by atoms with van der Waals surface area (Å²) in [5, 5.41) is 6.93. The highest BCUT2D eigenvalue weighted by Gasteiger charge is 2.16. The van der Waals surface area contributed by atoms with Crippen LogP contribution in [0.15, 0.2) is 36.4 Å². The van der Waals surface area contributed by atoms with Crippen LogP contribution in [0.2, 0.25) is 5.02 Å². The molecule has 0 radical (unpaired) electrons. The van der Waals surface area contributed by atoms with E-state index in [-0.39, 0.29) is 5.91 Å². The van der Waals surface area contributed by atoms with Crippen molar-refractivity contribution < 1.29 is 4.79 Å². The summed E-state index contributed by atoms with van der Waals surface area (Å²) in [5.74, 6) is -0.117. The second-order valence-corrected chi connectivity index (χ2v) is 5.72. The van der Waals surface area contributed by atoms with E-state index in [9.17, 15) is 4.79 Å². The second-order valence-electron chi connectivity index (χ2n) is 5.28. The molecule has 0 saturated carbocycles. The highest BCUT2D eigenvalue weighted by molar-refractivity contribution is 6.31. The van der Waals surface area contributed by atoms with Gasteiger partial charge in [-0.25, -0.2) is 0 Å². The Morgan fingerprint density at radius 1 is 1.29 bits per heavy atom. The molecule has 21 heavy (non-hydrogen) atoms. The molecular formula is C17H17ClN2O. The van der Waals surface area contributed by atoms with Gasteiger partial charge in [-0.2, -0.15) is 0 Å². The molecule has 0 aliphatic carbocycles.